The van der Waals surface area contributed by atoms with Crippen molar-refractivity contribution in [3.63, 3.8) is 0 Å². The SMILES string of the molecule is CC(C)(O)CNC(=O)c1ccc2c(n1)N(C(O)Nc1ccccn1)[C@H]1CCN2C1. The Balaban J connectivity index is 1.61. The van der Waals surface area contributed by atoms with E-state index >= 15 is 0 Å². The van der Waals surface area contributed by atoms with Gasteiger partial charge in [0.2, 0.25) is 6.35 Å². The van der Waals surface area contributed by atoms with E-state index in [-0.39, 0.29) is 24.2 Å². The summed E-state index contributed by atoms with van der Waals surface area (Å²) < 4.78 is 0. The molecule has 2 aromatic heterocycles. The first-order chi connectivity index (χ1) is 13.8. The number of amides is 1. The number of hydrogen-bond acceptors (Lipinski definition) is 8. The van der Waals surface area contributed by atoms with Crippen molar-refractivity contribution in [2.75, 3.05) is 34.8 Å². The Morgan fingerprint density at radius 1 is 1.34 bits per heavy atom. The van der Waals surface area contributed by atoms with E-state index in [0.717, 1.165) is 25.2 Å². The van der Waals surface area contributed by atoms with Crippen LogP contribution in [-0.4, -0.2) is 63.7 Å². The monoisotopic (exact) mass is 398 g/mol. The number of carbonyl (C=O) groups excluding carboxylic acids is 1. The fourth-order valence-electron chi connectivity index (χ4n) is 3.72. The summed E-state index contributed by atoms with van der Waals surface area (Å²) in [4.78, 5) is 25.3. The van der Waals surface area contributed by atoms with E-state index in [1.54, 1.807) is 32.2 Å². The van der Waals surface area contributed by atoms with E-state index in [1.165, 1.54) is 0 Å². The van der Waals surface area contributed by atoms with Crippen molar-refractivity contribution < 1.29 is 15.0 Å². The first kappa shape index (κ1) is 19.4. The molecular weight excluding hydrogens is 372 g/mol. The fraction of sp³-hybridized carbons (Fsp3) is 0.450. The molecular formula is C20H26N6O3. The number of nitrogens with zero attached hydrogens (tertiary/aromatic N) is 4. The van der Waals surface area contributed by atoms with Crippen LogP contribution in [0.2, 0.25) is 0 Å². The summed E-state index contributed by atoms with van der Waals surface area (Å²) in [6.07, 6.45) is 1.51. The summed E-state index contributed by atoms with van der Waals surface area (Å²) in [5, 5.41) is 26.5. The molecule has 0 saturated carbocycles. The van der Waals surface area contributed by atoms with Crippen LogP contribution in [0.5, 0.6) is 0 Å². The van der Waals surface area contributed by atoms with E-state index in [2.05, 4.69) is 25.5 Å². The lowest BCUT2D eigenvalue weighted by atomic mass is 10.1. The highest BCUT2D eigenvalue weighted by Gasteiger charge is 2.40. The van der Waals surface area contributed by atoms with Crippen LogP contribution in [0.1, 0.15) is 30.8 Å². The lowest BCUT2D eigenvalue weighted by molar-refractivity contribution is 0.0692. The molecule has 2 aliphatic heterocycles. The lowest BCUT2D eigenvalue weighted by Gasteiger charge is -2.40. The van der Waals surface area contributed by atoms with Crippen LogP contribution in [0.15, 0.2) is 36.5 Å². The summed E-state index contributed by atoms with van der Waals surface area (Å²) in [5.74, 6) is 0.751. The van der Waals surface area contributed by atoms with Crippen LogP contribution in [-0.2, 0) is 0 Å². The van der Waals surface area contributed by atoms with Crippen LogP contribution in [0.3, 0.4) is 0 Å². The summed E-state index contributed by atoms with van der Waals surface area (Å²) >= 11 is 0. The topological polar surface area (TPSA) is 114 Å². The molecule has 2 atom stereocenters. The molecule has 9 heteroatoms. The highest BCUT2D eigenvalue weighted by Crippen LogP contribution is 2.39. The summed E-state index contributed by atoms with van der Waals surface area (Å²) in [6.45, 7) is 5.03. The largest absolute Gasteiger partial charge is 0.389 e. The molecule has 2 bridgehead atoms. The maximum Gasteiger partial charge on any atom is 0.270 e. The number of aromatic nitrogens is 2. The molecule has 4 heterocycles. The Kier molecular flexibility index (Phi) is 5.01. The summed E-state index contributed by atoms with van der Waals surface area (Å²) in [6, 6.07) is 9.05. The number of carbonyl (C=O) groups is 1. The Bertz CT molecular complexity index is 886. The van der Waals surface area contributed by atoms with Crippen molar-refractivity contribution in [3.8, 4) is 0 Å². The number of rotatable bonds is 6. The standard InChI is InChI=1S/C20H26N6O3/c1-20(2,29)12-22-18(27)14-6-7-15-17(23-14)26(13-8-10-25(15)11-13)19(28)24-16-5-3-4-9-21-16/h3-7,9,13,19,28-29H,8,10-12H2,1-2H3,(H,21,24)(H,22,27)/t13-,19?/m0/s1. The van der Waals surface area contributed by atoms with Crippen molar-refractivity contribution in [2.24, 2.45) is 0 Å². The number of aliphatic hydroxyl groups is 2. The Morgan fingerprint density at radius 2 is 2.17 bits per heavy atom. The third-order valence-corrected chi connectivity index (χ3v) is 5.12. The molecule has 2 aliphatic rings. The predicted octanol–water partition coefficient (Wildman–Crippen LogP) is 0.764. The van der Waals surface area contributed by atoms with Gasteiger partial charge in [0.05, 0.1) is 17.3 Å². The molecule has 0 aromatic carbocycles. The molecule has 9 nitrogen and oxygen atoms in total. The van der Waals surface area contributed by atoms with Crippen molar-refractivity contribution in [2.45, 2.75) is 38.3 Å². The molecule has 1 fully saturated rings. The molecule has 154 valence electrons. The highest BCUT2D eigenvalue weighted by molar-refractivity contribution is 5.93. The minimum absolute atomic E-state index is 0.0795. The second kappa shape index (κ2) is 7.49. The number of hydrogen-bond donors (Lipinski definition) is 4. The number of fused-ring (bicyclic) bond motifs is 4. The predicted molar refractivity (Wildman–Crippen MR) is 110 cm³/mol. The second-order valence-corrected chi connectivity index (χ2v) is 8.06. The minimum Gasteiger partial charge on any atom is -0.389 e. The van der Waals surface area contributed by atoms with E-state index in [4.69, 9.17) is 0 Å². The smallest absolute Gasteiger partial charge is 0.270 e. The van der Waals surface area contributed by atoms with Gasteiger partial charge < -0.3 is 30.6 Å². The number of nitrogens with one attached hydrogen (secondary N) is 2. The molecule has 4 rings (SSSR count). The maximum atomic E-state index is 12.5. The lowest BCUT2D eigenvalue weighted by Crippen LogP contribution is -2.52. The van der Waals surface area contributed by atoms with Gasteiger partial charge in [-0.1, -0.05) is 6.07 Å². The van der Waals surface area contributed by atoms with Gasteiger partial charge in [-0.3, -0.25) is 4.79 Å². The van der Waals surface area contributed by atoms with Gasteiger partial charge in [0.1, 0.15) is 11.5 Å². The first-order valence-electron chi connectivity index (χ1n) is 9.72. The number of aliphatic hydroxyl groups excluding tert-OH is 1. The average molecular weight is 398 g/mol. The summed E-state index contributed by atoms with van der Waals surface area (Å²) in [7, 11) is 0. The van der Waals surface area contributed by atoms with E-state index in [9.17, 15) is 15.0 Å². The van der Waals surface area contributed by atoms with Gasteiger partial charge in [-0.2, -0.15) is 0 Å². The molecule has 1 unspecified atom stereocenters. The van der Waals surface area contributed by atoms with Gasteiger partial charge >= 0.3 is 0 Å². The second-order valence-electron chi connectivity index (χ2n) is 8.06. The maximum absolute atomic E-state index is 12.5. The Labute approximate surface area is 169 Å². The van der Waals surface area contributed by atoms with Crippen molar-refractivity contribution in [1.82, 2.24) is 15.3 Å². The van der Waals surface area contributed by atoms with Gasteiger partial charge in [-0.15, -0.1) is 0 Å². The molecule has 0 aliphatic carbocycles. The minimum atomic E-state index is -1.03. The molecule has 1 amide bonds. The zero-order valence-corrected chi connectivity index (χ0v) is 16.5. The molecule has 29 heavy (non-hydrogen) atoms. The fourth-order valence-corrected chi connectivity index (χ4v) is 3.72. The molecule has 0 radical (unpaired) electrons. The van der Waals surface area contributed by atoms with Gasteiger partial charge in [0, 0.05) is 25.8 Å². The zero-order chi connectivity index (χ0) is 20.6. The molecule has 1 saturated heterocycles. The third kappa shape index (κ3) is 4.10. The highest BCUT2D eigenvalue weighted by atomic mass is 16.3. The zero-order valence-electron chi connectivity index (χ0n) is 16.5. The average Bonchev–Trinajstić information content (AvgIpc) is 3.10. The van der Waals surface area contributed by atoms with Crippen LogP contribution < -0.4 is 20.4 Å². The van der Waals surface area contributed by atoms with E-state index in [0.29, 0.717) is 11.6 Å². The van der Waals surface area contributed by atoms with Crippen LogP contribution in [0.4, 0.5) is 17.3 Å². The summed E-state index contributed by atoms with van der Waals surface area (Å²) in [5.41, 5.74) is 0.119. The van der Waals surface area contributed by atoms with Gasteiger partial charge in [-0.05, 0) is 44.5 Å². The van der Waals surface area contributed by atoms with Gasteiger partial charge in [-0.25, -0.2) is 9.97 Å². The Hall–Kier alpha value is -2.91. The van der Waals surface area contributed by atoms with Gasteiger partial charge in [0.25, 0.3) is 5.91 Å². The normalized spacial score (nSPS) is 19.0. The van der Waals surface area contributed by atoms with Crippen LogP contribution >= 0.6 is 0 Å². The van der Waals surface area contributed by atoms with Gasteiger partial charge in [0.15, 0.2) is 5.82 Å². The van der Waals surface area contributed by atoms with Crippen LogP contribution in [0.25, 0.3) is 0 Å². The molecule has 0 spiro atoms. The quantitative estimate of drug-likeness (QED) is 0.528. The van der Waals surface area contributed by atoms with Crippen molar-refractivity contribution in [1.29, 1.82) is 0 Å². The van der Waals surface area contributed by atoms with Crippen LogP contribution in [0, 0.1) is 0 Å². The third-order valence-electron chi connectivity index (χ3n) is 5.12. The first-order valence-corrected chi connectivity index (χ1v) is 9.72. The molecule has 4 N–H and O–H groups in total. The van der Waals surface area contributed by atoms with Crippen molar-refractivity contribution >= 4 is 23.2 Å². The Morgan fingerprint density at radius 3 is 2.90 bits per heavy atom. The number of pyridine rings is 2. The molecule has 2 aromatic rings. The number of anilines is 3. The van der Waals surface area contributed by atoms with E-state index < -0.39 is 12.0 Å². The van der Waals surface area contributed by atoms with Crippen molar-refractivity contribution in [3.05, 3.63) is 42.2 Å². The van der Waals surface area contributed by atoms with E-state index in [1.807, 2.05) is 23.1 Å².